The summed E-state index contributed by atoms with van der Waals surface area (Å²) in [7, 11) is 0. The quantitative estimate of drug-likeness (QED) is 0.860. The highest BCUT2D eigenvalue weighted by atomic mass is 16.3. The van der Waals surface area contributed by atoms with Crippen LogP contribution in [0.2, 0.25) is 0 Å². The Labute approximate surface area is 108 Å². The fourth-order valence-corrected chi connectivity index (χ4v) is 2.52. The molecule has 1 aliphatic rings. The van der Waals surface area contributed by atoms with E-state index in [2.05, 4.69) is 9.88 Å². The maximum Gasteiger partial charge on any atom is 0.129 e. The van der Waals surface area contributed by atoms with Crippen molar-refractivity contribution in [2.24, 2.45) is 0 Å². The minimum Gasteiger partial charge on any atom is -0.394 e. The second-order valence-corrected chi connectivity index (χ2v) is 5.00. The Morgan fingerprint density at radius 3 is 3.00 bits per heavy atom. The van der Waals surface area contributed by atoms with Crippen molar-refractivity contribution in [1.29, 1.82) is 0 Å². The Kier molecular flexibility index (Phi) is 4.55. The first-order valence-corrected chi connectivity index (χ1v) is 6.74. The highest BCUT2D eigenvalue weighted by Crippen LogP contribution is 2.24. The van der Waals surface area contributed by atoms with Gasteiger partial charge in [-0.15, -0.1) is 0 Å². The zero-order valence-corrected chi connectivity index (χ0v) is 10.9. The van der Waals surface area contributed by atoms with Crippen LogP contribution in [0.15, 0.2) is 18.3 Å². The average Bonchev–Trinajstić information content (AvgIpc) is 2.63. The average molecular weight is 250 g/mol. The summed E-state index contributed by atoms with van der Waals surface area (Å²) in [5.41, 5.74) is 0.876. The van der Waals surface area contributed by atoms with Gasteiger partial charge in [-0.2, -0.15) is 0 Å². The third-order valence-electron chi connectivity index (χ3n) is 3.63. The van der Waals surface area contributed by atoms with Crippen LogP contribution in [0.5, 0.6) is 0 Å². The third-order valence-corrected chi connectivity index (χ3v) is 3.63. The molecule has 1 fully saturated rings. The lowest BCUT2D eigenvalue weighted by Gasteiger charge is -2.30. The van der Waals surface area contributed by atoms with Crippen LogP contribution >= 0.6 is 0 Å². The van der Waals surface area contributed by atoms with E-state index in [0.717, 1.165) is 37.2 Å². The van der Waals surface area contributed by atoms with Crippen LogP contribution in [0.25, 0.3) is 0 Å². The van der Waals surface area contributed by atoms with Crippen molar-refractivity contribution >= 4 is 5.82 Å². The van der Waals surface area contributed by atoms with E-state index in [0.29, 0.717) is 0 Å². The second-order valence-electron chi connectivity index (χ2n) is 5.00. The summed E-state index contributed by atoms with van der Waals surface area (Å²) in [6, 6.07) is 3.92. The number of aromatic nitrogens is 1. The van der Waals surface area contributed by atoms with Gasteiger partial charge in [-0.3, -0.25) is 0 Å². The molecular weight excluding hydrogens is 228 g/mol. The van der Waals surface area contributed by atoms with E-state index in [9.17, 15) is 10.2 Å². The smallest absolute Gasteiger partial charge is 0.129 e. The predicted octanol–water partition coefficient (Wildman–Crippen LogP) is 1.88. The number of hydrogen-bond donors (Lipinski definition) is 2. The molecule has 0 aliphatic carbocycles. The molecule has 2 heterocycles. The highest BCUT2D eigenvalue weighted by Gasteiger charge is 2.21. The van der Waals surface area contributed by atoms with Gasteiger partial charge in [0.1, 0.15) is 5.82 Å². The first-order chi connectivity index (χ1) is 8.72. The molecular formula is C14H22N2O2. The number of pyridine rings is 1. The van der Waals surface area contributed by atoms with Gasteiger partial charge in [0.05, 0.1) is 18.8 Å². The van der Waals surface area contributed by atoms with Gasteiger partial charge >= 0.3 is 0 Å². The Morgan fingerprint density at radius 1 is 1.44 bits per heavy atom. The number of aliphatic hydroxyl groups is 2. The van der Waals surface area contributed by atoms with Crippen LogP contribution in [0.3, 0.4) is 0 Å². The number of nitrogens with zero attached hydrogens (tertiary/aromatic N) is 2. The molecule has 1 aromatic heterocycles. The van der Waals surface area contributed by atoms with Crippen LogP contribution in [-0.2, 0) is 0 Å². The SMILES string of the molecule is C[C@H](O)c1ccnc(N2CCCCCC2CO)c1. The topological polar surface area (TPSA) is 56.6 Å². The van der Waals surface area contributed by atoms with Crippen molar-refractivity contribution in [3.8, 4) is 0 Å². The van der Waals surface area contributed by atoms with E-state index < -0.39 is 6.10 Å². The molecule has 100 valence electrons. The minimum absolute atomic E-state index is 0.157. The molecule has 4 heteroatoms. The minimum atomic E-state index is -0.480. The lowest BCUT2D eigenvalue weighted by atomic mass is 10.1. The molecule has 4 nitrogen and oxygen atoms in total. The molecule has 1 aliphatic heterocycles. The van der Waals surface area contributed by atoms with Crippen LogP contribution in [0.1, 0.15) is 44.3 Å². The van der Waals surface area contributed by atoms with Gasteiger partial charge in [0.15, 0.2) is 0 Å². The fourth-order valence-electron chi connectivity index (χ4n) is 2.52. The van der Waals surface area contributed by atoms with Gasteiger partial charge in [0.25, 0.3) is 0 Å². The molecule has 0 amide bonds. The van der Waals surface area contributed by atoms with Crippen LogP contribution in [0, 0.1) is 0 Å². The standard InChI is InChI=1S/C14H22N2O2/c1-11(18)12-6-7-15-14(9-12)16-8-4-2-3-5-13(16)10-17/h6-7,9,11,13,17-18H,2-5,8,10H2,1H3/t11-,13?/m0/s1. The van der Waals surface area contributed by atoms with E-state index in [1.165, 1.54) is 6.42 Å². The van der Waals surface area contributed by atoms with Crippen molar-refractivity contribution in [2.75, 3.05) is 18.1 Å². The normalized spacial score (nSPS) is 22.6. The second kappa shape index (κ2) is 6.16. The van der Waals surface area contributed by atoms with E-state index >= 15 is 0 Å². The number of rotatable bonds is 3. The van der Waals surface area contributed by atoms with Gasteiger partial charge < -0.3 is 15.1 Å². The largest absolute Gasteiger partial charge is 0.394 e. The number of hydrogen-bond acceptors (Lipinski definition) is 4. The molecule has 0 spiro atoms. The molecule has 0 saturated carbocycles. The van der Waals surface area contributed by atoms with E-state index in [-0.39, 0.29) is 12.6 Å². The lowest BCUT2D eigenvalue weighted by Crippen LogP contribution is -2.38. The molecule has 18 heavy (non-hydrogen) atoms. The molecule has 0 radical (unpaired) electrons. The molecule has 2 N–H and O–H groups in total. The third kappa shape index (κ3) is 3.00. The van der Waals surface area contributed by atoms with E-state index in [4.69, 9.17) is 0 Å². The van der Waals surface area contributed by atoms with Crippen molar-refractivity contribution < 1.29 is 10.2 Å². The van der Waals surface area contributed by atoms with Crippen molar-refractivity contribution in [1.82, 2.24) is 4.98 Å². The van der Waals surface area contributed by atoms with Crippen LogP contribution in [0.4, 0.5) is 5.82 Å². The van der Waals surface area contributed by atoms with Crippen LogP contribution in [-0.4, -0.2) is 34.4 Å². The van der Waals surface area contributed by atoms with Crippen molar-refractivity contribution in [3.05, 3.63) is 23.9 Å². The van der Waals surface area contributed by atoms with Gasteiger partial charge in [-0.25, -0.2) is 4.98 Å². The zero-order chi connectivity index (χ0) is 13.0. The summed E-state index contributed by atoms with van der Waals surface area (Å²) >= 11 is 0. The molecule has 2 rings (SSSR count). The maximum atomic E-state index is 9.63. The van der Waals surface area contributed by atoms with Gasteiger partial charge in [-0.1, -0.05) is 12.8 Å². The molecule has 1 aromatic rings. The predicted molar refractivity (Wildman–Crippen MR) is 71.6 cm³/mol. The van der Waals surface area contributed by atoms with Gasteiger partial charge in [0, 0.05) is 12.7 Å². The summed E-state index contributed by atoms with van der Waals surface area (Å²) in [5, 5.41) is 19.1. The molecule has 0 bridgehead atoms. The fraction of sp³-hybridized carbons (Fsp3) is 0.643. The monoisotopic (exact) mass is 250 g/mol. The maximum absolute atomic E-state index is 9.63. The lowest BCUT2D eigenvalue weighted by molar-refractivity contribution is 0.199. The molecule has 1 saturated heterocycles. The summed E-state index contributed by atoms with van der Waals surface area (Å²) in [6.07, 6.45) is 5.78. The summed E-state index contributed by atoms with van der Waals surface area (Å²) in [5.74, 6) is 0.870. The van der Waals surface area contributed by atoms with Gasteiger partial charge in [-0.05, 0) is 37.5 Å². The first kappa shape index (κ1) is 13.3. The summed E-state index contributed by atoms with van der Waals surface area (Å²) < 4.78 is 0. The zero-order valence-electron chi connectivity index (χ0n) is 10.9. The Hall–Kier alpha value is -1.13. The number of anilines is 1. The summed E-state index contributed by atoms with van der Waals surface area (Å²) in [6.45, 7) is 2.85. The van der Waals surface area contributed by atoms with Crippen molar-refractivity contribution in [2.45, 2.75) is 44.8 Å². The Balaban J connectivity index is 2.24. The van der Waals surface area contributed by atoms with Gasteiger partial charge in [0.2, 0.25) is 0 Å². The van der Waals surface area contributed by atoms with E-state index in [1.54, 1.807) is 13.1 Å². The molecule has 0 aromatic carbocycles. The summed E-state index contributed by atoms with van der Waals surface area (Å²) in [4.78, 5) is 6.57. The highest BCUT2D eigenvalue weighted by molar-refractivity contribution is 5.43. The Bertz CT molecular complexity index is 382. The molecule has 1 unspecified atom stereocenters. The van der Waals surface area contributed by atoms with Crippen LogP contribution < -0.4 is 4.90 Å². The van der Waals surface area contributed by atoms with E-state index in [1.807, 2.05) is 12.1 Å². The number of aliphatic hydroxyl groups excluding tert-OH is 2. The van der Waals surface area contributed by atoms with Crippen molar-refractivity contribution in [3.63, 3.8) is 0 Å². The first-order valence-electron chi connectivity index (χ1n) is 6.74. The molecule has 2 atom stereocenters. The Morgan fingerprint density at radius 2 is 2.28 bits per heavy atom.